The van der Waals surface area contributed by atoms with E-state index >= 15 is 0 Å². The highest BCUT2D eigenvalue weighted by molar-refractivity contribution is 7.89. The van der Waals surface area contributed by atoms with Gasteiger partial charge in [-0.15, -0.1) is 0 Å². The number of nitrogens with zero attached hydrogens (tertiary/aromatic N) is 2. The summed E-state index contributed by atoms with van der Waals surface area (Å²) in [7, 11) is -2.05. The Balaban J connectivity index is 3.21. The van der Waals surface area contributed by atoms with Gasteiger partial charge in [-0.2, -0.15) is 5.26 Å². The monoisotopic (exact) mass is 253 g/mol. The average molecular weight is 253 g/mol. The van der Waals surface area contributed by atoms with Crippen molar-refractivity contribution in [2.24, 2.45) is 0 Å². The molecule has 0 heterocycles. The molecule has 1 rings (SSSR count). The number of benzene rings is 1. The van der Waals surface area contributed by atoms with Gasteiger partial charge in [-0.05, 0) is 24.6 Å². The van der Waals surface area contributed by atoms with Crippen molar-refractivity contribution in [3.05, 3.63) is 23.8 Å². The van der Waals surface area contributed by atoms with Crippen LogP contribution in [0.5, 0.6) is 0 Å². The lowest BCUT2D eigenvalue weighted by atomic mass is 10.2. The molecule has 0 aliphatic carbocycles. The van der Waals surface area contributed by atoms with Crippen molar-refractivity contribution in [1.82, 2.24) is 4.31 Å². The minimum absolute atomic E-state index is 0.0486. The van der Waals surface area contributed by atoms with Crippen LogP contribution in [-0.2, 0) is 10.0 Å². The van der Waals surface area contributed by atoms with E-state index in [1.165, 1.54) is 29.6 Å². The number of nitrogen functional groups attached to an aromatic ring is 1. The summed E-state index contributed by atoms with van der Waals surface area (Å²) in [6, 6.07) is 6.10. The molecule has 0 fully saturated rings. The van der Waals surface area contributed by atoms with E-state index in [1.807, 2.05) is 13.0 Å². The van der Waals surface area contributed by atoms with E-state index in [0.29, 0.717) is 12.1 Å². The Labute approximate surface area is 102 Å². The van der Waals surface area contributed by atoms with Gasteiger partial charge >= 0.3 is 0 Å². The summed E-state index contributed by atoms with van der Waals surface area (Å²) in [6.07, 6.45) is 0.728. The second-order valence-corrected chi connectivity index (χ2v) is 5.70. The van der Waals surface area contributed by atoms with Crippen LogP contribution >= 0.6 is 0 Å². The Kier molecular flexibility index (Phi) is 4.10. The maximum atomic E-state index is 12.1. The lowest BCUT2D eigenvalue weighted by Gasteiger charge is -2.17. The molecule has 0 bridgehead atoms. The van der Waals surface area contributed by atoms with E-state index < -0.39 is 10.0 Å². The number of hydrogen-bond acceptors (Lipinski definition) is 4. The van der Waals surface area contributed by atoms with E-state index in [9.17, 15) is 8.42 Å². The topological polar surface area (TPSA) is 87.2 Å². The van der Waals surface area contributed by atoms with E-state index in [1.54, 1.807) is 0 Å². The molecule has 0 aliphatic heterocycles. The van der Waals surface area contributed by atoms with Gasteiger partial charge in [0, 0.05) is 13.6 Å². The van der Waals surface area contributed by atoms with Crippen LogP contribution < -0.4 is 5.73 Å². The Bertz CT molecular complexity index is 546. The third-order valence-electron chi connectivity index (χ3n) is 2.37. The van der Waals surface area contributed by atoms with Gasteiger partial charge < -0.3 is 5.73 Å². The molecule has 6 heteroatoms. The summed E-state index contributed by atoms with van der Waals surface area (Å²) in [5.41, 5.74) is 6.11. The van der Waals surface area contributed by atoms with E-state index in [-0.39, 0.29) is 10.6 Å². The predicted octanol–water partition coefficient (Wildman–Crippen LogP) is 1.17. The van der Waals surface area contributed by atoms with Crippen LogP contribution in [0.2, 0.25) is 0 Å². The standard InChI is InChI=1S/C11H15N3O2S/c1-3-6-14(2)17(15,16)11-5-4-9(8-12)7-10(11)13/h4-5,7H,3,6,13H2,1-2H3. The fourth-order valence-corrected chi connectivity index (χ4v) is 2.81. The zero-order valence-electron chi connectivity index (χ0n) is 9.84. The molecule has 0 atom stereocenters. The molecule has 5 nitrogen and oxygen atoms in total. The van der Waals surface area contributed by atoms with Crippen molar-refractivity contribution in [3.8, 4) is 6.07 Å². The molecule has 0 amide bonds. The van der Waals surface area contributed by atoms with Gasteiger partial charge in [-0.3, -0.25) is 0 Å². The van der Waals surface area contributed by atoms with E-state index in [0.717, 1.165) is 6.42 Å². The normalized spacial score (nSPS) is 11.4. The van der Waals surface area contributed by atoms with Gasteiger partial charge in [-0.25, -0.2) is 12.7 Å². The van der Waals surface area contributed by atoms with Crippen LogP contribution in [-0.4, -0.2) is 26.3 Å². The summed E-state index contributed by atoms with van der Waals surface area (Å²) >= 11 is 0. The molecule has 0 unspecified atom stereocenters. The molecule has 2 N–H and O–H groups in total. The van der Waals surface area contributed by atoms with Crippen LogP contribution in [0.15, 0.2) is 23.1 Å². The maximum Gasteiger partial charge on any atom is 0.244 e. The first-order chi connectivity index (χ1) is 7.93. The van der Waals surface area contributed by atoms with Crippen molar-refractivity contribution in [2.75, 3.05) is 19.3 Å². The molecule has 0 saturated heterocycles. The summed E-state index contributed by atoms with van der Waals surface area (Å²) in [5.74, 6) is 0. The number of rotatable bonds is 4. The highest BCUT2D eigenvalue weighted by Gasteiger charge is 2.22. The number of nitrogens with two attached hydrogens (primary N) is 1. The van der Waals surface area contributed by atoms with Crippen LogP contribution in [0.4, 0.5) is 5.69 Å². The molecule has 1 aromatic rings. The van der Waals surface area contributed by atoms with Crippen LogP contribution in [0.3, 0.4) is 0 Å². The van der Waals surface area contributed by atoms with E-state index in [4.69, 9.17) is 11.0 Å². The Morgan fingerprint density at radius 3 is 2.59 bits per heavy atom. The molecule has 0 saturated carbocycles. The number of hydrogen-bond donors (Lipinski definition) is 1. The maximum absolute atomic E-state index is 12.1. The van der Waals surface area contributed by atoms with Gasteiger partial charge in [0.25, 0.3) is 0 Å². The zero-order valence-corrected chi connectivity index (χ0v) is 10.7. The third kappa shape index (κ3) is 2.75. The Morgan fingerprint density at radius 1 is 1.47 bits per heavy atom. The fraction of sp³-hybridized carbons (Fsp3) is 0.364. The van der Waals surface area contributed by atoms with Crippen molar-refractivity contribution in [2.45, 2.75) is 18.2 Å². The largest absolute Gasteiger partial charge is 0.398 e. The first kappa shape index (κ1) is 13.5. The number of sulfonamides is 1. The van der Waals surface area contributed by atoms with Crippen molar-refractivity contribution in [1.29, 1.82) is 5.26 Å². The molecule has 1 aromatic carbocycles. The minimum atomic E-state index is -3.56. The SMILES string of the molecule is CCCN(C)S(=O)(=O)c1ccc(C#N)cc1N. The zero-order chi connectivity index (χ0) is 13.1. The number of anilines is 1. The highest BCUT2D eigenvalue weighted by Crippen LogP contribution is 2.22. The average Bonchev–Trinajstić information content (AvgIpc) is 2.28. The molecule has 17 heavy (non-hydrogen) atoms. The van der Waals surface area contributed by atoms with Crippen molar-refractivity contribution in [3.63, 3.8) is 0 Å². The van der Waals surface area contributed by atoms with Gasteiger partial charge in [0.2, 0.25) is 10.0 Å². The summed E-state index contributed by atoms with van der Waals surface area (Å²) in [5, 5.41) is 8.68. The summed E-state index contributed by atoms with van der Waals surface area (Å²) in [4.78, 5) is 0.0486. The minimum Gasteiger partial charge on any atom is -0.398 e. The molecule has 92 valence electrons. The first-order valence-corrected chi connectivity index (χ1v) is 6.63. The summed E-state index contributed by atoms with van der Waals surface area (Å²) in [6.45, 7) is 2.33. The second kappa shape index (κ2) is 5.17. The smallest absolute Gasteiger partial charge is 0.244 e. The van der Waals surface area contributed by atoms with Crippen LogP contribution in [0, 0.1) is 11.3 Å². The lowest BCUT2D eigenvalue weighted by Crippen LogP contribution is -2.28. The van der Waals surface area contributed by atoms with Gasteiger partial charge in [0.05, 0.1) is 17.3 Å². The molecule has 0 aliphatic rings. The first-order valence-electron chi connectivity index (χ1n) is 5.19. The number of nitriles is 1. The van der Waals surface area contributed by atoms with Crippen molar-refractivity contribution >= 4 is 15.7 Å². The molecular weight excluding hydrogens is 238 g/mol. The van der Waals surface area contributed by atoms with Gasteiger partial charge in [0.1, 0.15) is 4.90 Å². The molecule has 0 spiro atoms. The molecular formula is C11H15N3O2S. The molecule has 0 aromatic heterocycles. The van der Waals surface area contributed by atoms with E-state index in [2.05, 4.69) is 0 Å². The third-order valence-corrected chi connectivity index (χ3v) is 4.30. The van der Waals surface area contributed by atoms with Crippen LogP contribution in [0.25, 0.3) is 0 Å². The molecule has 0 radical (unpaired) electrons. The fourth-order valence-electron chi connectivity index (χ4n) is 1.46. The second-order valence-electron chi connectivity index (χ2n) is 3.69. The predicted molar refractivity (Wildman–Crippen MR) is 65.7 cm³/mol. The quantitative estimate of drug-likeness (QED) is 0.816. The lowest BCUT2D eigenvalue weighted by molar-refractivity contribution is 0.469. The highest BCUT2D eigenvalue weighted by atomic mass is 32.2. The van der Waals surface area contributed by atoms with Gasteiger partial charge in [0.15, 0.2) is 0 Å². The van der Waals surface area contributed by atoms with Crippen molar-refractivity contribution < 1.29 is 8.42 Å². The van der Waals surface area contributed by atoms with Crippen LogP contribution in [0.1, 0.15) is 18.9 Å². The summed E-state index contributed by atoms with van der Waals surface area (Å²) < 4.78 is 25.5. The van der Waals surface area contributed by atoms with Gasteiger partial charge in [-0.1, -0.05) is 6.92 Å². The Hall–Kier alpha value is -1.58. The Morgan fingerprint density at radius 2 is 2.12 bits per heavy atom.